The Hall–Kier alpha value is -4.01. The number of amidine groups is 1. The maximum absolute atomic E-state index is 13.0. The molecule has 9 nitrogen and oxygen atoms in total. The van der Waals surface area contributed by atoms with Gasteiger partial charge in [-0.2, -0.15) is 5.43 Å². The third kappa shape index (κ3) is 3.96. The summed E-state index contributed by atoms with van der Waals surface area (Å²) in [7, 11) is 4.71. The fourth-order valence-electron chi connectivity index (χ4n) is 3.60. The zero-order valence-electron chi connectivity index (χ0n) is 18.4. The summed E-state index contributed by atoms with van der Waals surface area (Å²) in [5.41, 5.74) is 5.99. The number of hydrazone groups is 1. The predicted octanol–water partition coefficient (Wildman–Crippen LogP) is 1.80. The molecular weight excluding hydrogens is 408 g/mol. The molecule has 0 aliphatic carbocycles. The molecule has 32 heavy (non-hydrogen) atoms. The number of methoxy groups -OCH3 is 1. The van der Waals surface area contributed by atoms with Crippen LogP contribution in [0.3, 0.4) is 0 Å². The van der Waals surface area contributed by atoms with Crippen molar-refractivity contribution in [2.24, 2.45) is 10.1 Å². The number of fused-ring (bicyclic) bond motifs is 1. The number of guanidine groups is 1. The van der Waals surface area contributed by atoms with Crippen molar-refractivity contribution in [2.75, 3.05) is 21.2 Å². The van der Waals surface area contributed by atoms with Crippen LogP contribution in [-0.4, -0.2) is 71.6 Å². The molecule has 4 rings (SSSR count). The standard InChI is InChI=1S/C23H24N6O3/c1-15-5-7-17(8-6-15)14-29-19-20(27(2)23(31)28(3)21(19)30)25-22(29)26-24-13-16-9-11-18(32-4)12-10-16/h5-13,19H,14H2,1-4H3/p+1/b24-13+. The maximum atomic E-state index is 13.0. The molecule has 1 saturated heterocycles. The lowest BCUT2D eigenvalue weighted by Gasteiger charge is -2.31. The topological polar surface area (TPSA) is 89.6 Å². The second kappa shape index (κ2) is 8.62. The third-order valence-corrected chi connectivity index (χ3v) is 5.50. The van der Waals surface area contributed by atoms with Gasteiger partial charge in [-0.3, -0.25) is 14.6 Å². The van der Waals surface area contributed by atoms with E-state index in [0.29, 0.717) is 18.3 Å². The first-order chi connectivity index (χ1) is 15.4. The highest BCUT2D eigenvalue weighted by Crippen LogP contribution is 2.20. The van der Waals surface area contributed by atoms with Crippen LogP contribution in [0.25, 0.3) is 0 Å². The highest BCUT2D eigenvalue weighted by Gasteiger charge is 2.51. The number of ether oxygens (including phenoxy) is 1. The van der Waals surface area contributed by atoms with Crippen LogP contribution < -0.4 is 10.2 Å². The molecule has 2 aromatic carbocycles. The number of amides is 3. The van der Waals surface area contributed by atoms with Crippen LogP contribution in [0.2, 0.25) is 0 Å². The zero-order valence-corrected chi connectivity index (χ0v) is 18.4. The van der Waals surface area contributed by atoms with Gasteiger partial charge in [0.2, 0.25) is 11.9 Å². The van der Waals surface area contributed by atoms with Gasteiger partial charge in [0.15, 0.2) is 0 Å². The molecule has 164 valence electrons. The Balaban J connectivity index is 1.65. The van der Waals surface area contributed by atoms with Gasteiger partial charge in [-0.25, -0.2) is 9.37 Å². The molecule has 2 aromatic rings. The summed E-state index contributed by atoms with van der Waals surface area (Å²) in [6, 6.07) is 14.4. The number of urea groups is 1. The first-order valence-corrected chi connectivity index (χ1v) is 10.1. The van der Waals surface area contributed by atoms with Crippen LogP contribution in [-0.2, 0) is 11.3 Å². The number of carbonyl (C=O) groups excluding carboxylic acids is 2. The molecule has 2 aliphatic heterocycles. The van der Waals surface area contributed by atoms with Crippen molar-refractivity contribution in [3.63, 3.8) is 0 Å². The second-order valence-corrected chi connectivity index (χ2v) is 7.69. The van der Waals surface area contributed by atoms with Gasteiger partial charge in [0.1, 0.15) is 5.75 Å². The van der Waals surface area contributed by atoms with Crippen molar-refractivity contribution >= 4 is 29.9 Å². The van der Waals surface area contributed by atoms with E-state index in [0.717, 1.165) is 27.3 Å². The van der Waals surface area contributed by atoms with E-state index in [1.807, 2.05) is 60.0 Å². The smallest absolute Gasteiger partial charge is 0.414 e. The first kappa shape index (κ1) is 21.2. The second-order valence-electron chi connectivity index (χ2n) is 7.69. The number of hydrogen-bond acceptors (Lipinski definition) is 6. The lowest BCUT2D eigenvalue weighted by Crippen LogP contribution is -2.61. The van der Waals surface area contributed by atoms with Crippen molar-refractivity contribution in [2.45, 2.75) is 19.5 Å². The van der Waals surface area contributed by atoms with E-state index in [-0.39, 0.29) is 5.91 Å². The highest BCUT2D eigenvalue weighted by molar-refractivity contribution is 6.22. The van der Waals surface area contributed by atoms with E-state index in [9.17, 15) is 9.59 Å². The van der Waals surface area contributed by atoms with Crippen molar-refractivity contribution in [1.29, 1.82) is 0 Å². The van der Waals surface area contributed by atoms with Crippen LogP contribution in [0.15, 0.2) is 58.6 Å². The van der Waals surface area contributed by atoms with Crippen LogP contribution in [0, 0.1) is 6.92 Å². The monoisotopic (exact) mass is 433 g/mol. The Bertz CT molecular complexity index is 1140. The number of imide groups is 1. The molecule has 0 spiro atoms. The third-order valence-electron chi connectivity index (χ3n) is 5.50. The Morgan fingerprint density at radius 1 is 1.09 bits per heavy atom. The summed E-state index contributed by atoms with van der Waals surface area (Å²) in [6.45, 7) is 2.45. The minimum Gasteiger partial charge on any atom is -0.497 e. The molecule has 0 aromatic heterocycles. The molecule has 2 heterocycles. The SMILES string of the molecule is COc1ccc(/C=N/NC2=[N+](Cc3ccc(C)cc3)C3C(=O)N(C)C(=O)N(C)C3=N2)cc1. The Morgan fingerprint density at radius 3 is 2.44 bits per heavy atom. The molecule has 0 radical (unpaired) electrons. The highest BCUT2D eigenvalue weighted by atomic mass is 16.5. The van der Waals surface area contributed by atoms with Crippen LogP contribution in [0.1, 0.15) is 16.7 Å². The van der Waals surface area contributed by atoms with E-state index in [4.69, 9.17) is 4.74 Å². The average molecular weight is 433 g/mol. The molecule has 3 amide bonds. The Morgan fingerprint density at radius 2 is 1.78 bits per heavy atom. The molecule has 0 bridgehead atoms. The van der Waals surface area contributed by atoms with Crippen molar-refractivity contribution < 1.29 is 18.9 Å². The summed E-state index contributed by atoms with van der Waals surface area (Å²) >= 11 is 0. The Labute approximate surface area is 186 Å². The largest absolute Gasteiger partial charge is 0.497 e. The van der Waals surface area contributed by atoms with Gasteiger partial charge in [-0.15, -0.1) is 5.10 Å². The van der Waals surface area contributed by atoms with Gasteiger partial charge >= 0.3 is 12.0 Å². The van der Waals surface area contributed by atoms with Gasteiger partial charge in [0, 0.05) is 14.1 Å². The number of aryl methyl sites for hydroxylation is 1. The van der Waals surface area contributed by atoms with Gasteiger partial charge in [0.05, 0.1) is 19.9 Å². The van der Waals surface area contributed by atoms with Crippen LogP contribution in [0.5, 0.6) is 5.75 Å². The fourth-order valence-corrected chi connectivity index (χ4v) is 3.60. The van der Waals surface area contributed by atoms with Gasteiger partial charge in [-0.05, 0) is 42.3 Å². The lowest BCUT2D eigenvalue weighted by molar-refractivity contribution is -0.553. The number of benzene rings is 2. The maximum Gasteiger partial charge on any atom is 0.414 e. The fraction of sp³-hybridized carbons (Fsp3) is 0.261. The van der Waals surface area contributed by atoms with E-state index in [2.05, 4.69) is 15.5 Å². The summed E-state index contributed by atoms with van der Waals surface area (Å²) in [5, 5.41) is 4.30. The number of hydrogen-bond donors (Lipinski definition) is 1. The number of aliphatic imine (C=N–C) groups is 1. The van der Waals surface area contributed by atoms with E-state index >= 15 is 0 Å². The van der Waals surface area contributed by atoms with Crippen molar-refractivity contribution in [1.82, 2.24) is 15.2 Å². The van der Waals surface area contributed by atoms with Crippen LogP contribution >= 0.6 is 0 Å². The molecule has 0 saturated carbocycles. The minimum atomic E-state index is -0.706. The average Bonchev–Trinajstić information content (AvgIpc) is 3.16. The van der Waals surface area contributed by atoms with E-state index < -0.39 is 12.1 Å². The van der Waals surface area contributed by atoms with Crippen molar-refractivity contribution in [3.8, 4) is 5.75 Å². The summed E-state index contributed by atoms with van der Waals surface area (Å²) in [4.78, 5) is 32.5. The zero-order chi connectivity index (χ0) is 22.8. The summed E-state index contributed by atoms with van der Waals surface area (Å²) in [6.07, 6.45) is 1.65. The number of nitrogens with one attached hydrogen (secondary N) is 1. The molecule has 1 fully saturated rings. The number of nitrogens with zero attached hydrogens (tertiary/aromatic N) is 5. The normalized spacial score (nSPS) is 18.4. The minimum absolute atomic E-state index is 0.324. The van der Waals surface area contributed by atoms with Gasteiger partial charge < -0.3 is 4.74 Å². The number of carbonyl (C=O) groups is 2. The van der Waals surface area contributed by atoms with Gasteiger partial charge in [0.25, 0.3) is 5.91 Å². The predicted molar refractivity (Wildman–Crippen MR) is 121 cm³/mol. The number of rotatable bonds is 5. The lowest BCUT2D eigenvalue weighted by atomic mass is 10.1. The number of likely N-dealkylation sites (N-methyl/N-ethyl adjacent to an activating group) is 2. The summed E-state index contributed by atoms with van der Waals surface area (Å²) < 4.78 is 6.99. The quantitative estimate of drug-likeness (QED) is 0.442. The summed E-state index contributed by atoms with van der Waals surface area (Å²) in [5.74, 6) is 1.22. The van der Waals surface area contributed by atoms with E-state index in [1.54, 1.807) is 20.4 Å². The van der Waals surface area contributed by atoms with Crippen LogP contribution in [0.4, 0.5) is 4.79 Å². The molecule has 1 unspecified atom stereocenters. The van der Waals surface area contributed by atoms with Crippen molar-refractivity contribution in [3.05, 3.63) is 65.2 Å². The Kier molecular flexibility index (Phi) is 5.72. The molecular formula is C23H25N6O3+. The van der Waals surface area contributed by atoms with Gasteiger partial charge in [-0.1, -0.05) is 34.8 Å². The van der Waals surface area contributed by atoms with E-state index in [1.165, 1.54) is 11.9 Å². The molecule has 1 atom stereocenters. The first-order valence-electron chi connectivity index (χ1n) is 10.1. The molecule has 2 aliphatic rings. The molecule has 9 heteroatoms. The molecule has 1 N–H and O–H groups in total.